The first-order valence-corrected chi connectivity index (χ1v) is 0. The van der Waals surface area contributed by atoms with Crippen molar-refractivity contribution in [3.63, 3.8) is 0 Å². The second kappa shape index (κ2) is 208. The van der Waals surface area contributed by atoms with E-state index in [2.05, 4.69) is 0 Å². The Morgan fingerprint density at radius 2 is 0.600 bits per heavy atom. The van der Waals surface area contributed by atoms with E-state index in [1.165, 1.54) is 0 Å². The zero-order valence-electron chi connectivity index (χ0n) is 4.57. The summed E-state index contributed by atoms with van der Waals surface area (Å²) < 4.78 is 0. The van der Waals surface area contributed by atoms with Gasteiger partial charge in [0.15, 0.2) is 0 Å². The molecule has 0 heterocycles. The van der Waals surface area contributed by atoms with Gasteiger partial charge in [0, 0.05) is 0 Å². The maximum absolute atomic E-state index is 0. The molecule has 0 aromatic heterocycles. The van der Waals surface area contributed by atoms with Crippen molar-refractivity contribution >= 4 is 17.4 Å². The van der Waals surface area contributed by atoms with Crippen LogP contribution in [0.25, 0.3) is 0 Å². The van der Waals surface area contributed by atoms with E-state index < -0.39 is 0 Å². The fraction of sp³-hybridized carbons (Fsp3) is 0. The SMILES string of the molecule is [Al+3].[Co+2].[Cu+2].[Li+].[Ni+2].[O-2].[O-2].[O-2].[O-2].[O-2]. The Bertz CT molecular complexity index is 21.6. The van der Waals surface area contributed by atoms with E-state index >= 15 is 0 Å². The van der Waals surface area contributed by atoms with E-state index in [4.69, 9.17) is 0 Å². The molecule has 0 amide bonds. The molecule has 0 atom stereocenters. The van der Waals surface area contributed by atoms with Crippen molar-refractivity contribution in [1.29, 1.82) is 0 Å². The van der Waals surface area contributed by atoms with Gasteiger partial charge in [-0.3, -0.25) is 0 Å². The van der Waals surface area contributed by atoms with Crippen molar-refractivity contribution in [2.24, 2.45) is 0 Å². The number of rotatable bonds is 0. The minimum absolute atomic E-state index is 0. The molecule has 0 saturated carbocycles. The molecule has 10 heavy (non-hydrogen) atoms. The minimum Gasteiger partial charge on any atom is -2.00 e. The van der Waals surface area contributed by atoms with E-state index in [9.17, 15) is 0 Å². The van der Waals surface area contributed by atoms with Gasteiger partial charge in [0.05, 0.1) is 0 Å². The van der Waals surface area contributed by atoms with Crippen molar-refractivity contribution in [2.75, 3.05) is 0 Å². The normalized spacial score (nSPS) is 0. The second-order valence-electron chi connectivity index (χ2n) is 0. The maximum atomic E-state index is 0. The standard InChI is InChI=1S/Al.Co.Cu.Li.Ni.5O/q+3;2*+2;+1;+2;5*-2. The van der Waals surface area contributed by atoms with E-state index in [0.29, 0.717) is 0 Å². The molecule has 0 N–H and O–H groups in total. The van der Waals surface area contributed by atoms with Crippen molar-refractivity contribution in [2.45, 2.75) is 0 Å². The summed E-state index contributed by atoms with van der Waals surface area (Å²) >= 11 is 0. The molecule has 0 fully saturated rings. The molecule has 0 aromatic carbocycles. The van der Waals surface area contributed by atoms with Gasteiger partial charge < -0.3 is 27.4 Å². The molecule has 0 aliphatic heterocycles. The zero-order valence-corrected chi connectivity index (χ0v) is 8.69. The summed E-state index contributed by atoms with van der Waals surface area (Å²) in [5.74, 6) is 0. The van der Waals surface area contributed by atoms with Crippen LogP contribution in [0.3, 0.4) is 0 Å². The minimum atomic E-state index is 0. The molecule has 0 aliphatic carbocycles. The fourth-order valence-electron chi connectivity index (χ4n) is 0. The Hall–Kier alpha value is 2.45. The van der Waals surface area contributed by atoms with Gasteiger partial charge in [-0.2, -0.15) is 0 Å². The van der Waals surface area contributed by atoms with Crippen molar-refractivity contribution < 1.29 is 96.6 Å². The smallest absolute Gasteiger partial charge is 2.00 e. The average molecular weight is 295 g/mol. The van der Waals surface area contributed by atoms with E-state index in [0.717, 1.165) is 0 Å². The van der Waals surface area contributed by atoms with Gasteiger partial charge in [-0.15, -0.1) is 0 Å². The Balaban J connectivity index is 0. The van der Waals surface area contributed by atoms with E-state index in [1.807, 2.05) is 0 Å². The molecule has 0 aromatic rings. The zero-order chi connectivity index (χ0) is 0. The predicted molar refractivity (Wildman–Crippen MR) is 9.19 cm³/mol. The van der Waals surface area contributed by atoms with Crippen LogP contribution in [0.4, 0.5) is 0 Å². The van der Waals surface area contributed by atoms with Gasteiger partial charge in [-0.1, -0.05) is 0 Å². The van der Waals surface area contributed by atoms with Crippen LogP contribution in [-0.4, -0.2) is 17.4 Å². The van der Waals surface area contributed by atoms with Crippen LogP contribution in [0.15, 0.2) is 0 Å². The quantitative estimate of drug-likeness (QED) is 0.402. The molecule has 0 rings (SSSR count). The number of hydrogen-bond donors (Lipinski definition) is 0. The molecule has 0 unspecified atom stereocenters. The maximum Gasteiger partial charge on any atom is 3.00 e. The summed E-state index contributed by atoms with van der Waals surface area (Å²) in [7, 11) is 0. The molecule has 0 bridgehead atoms. The van der Waals surface area contributed by atoms with E-state index in [1.54, 1.807) is 0 Å². The van der Waals surface area contributed by atoms with Gasteiger partial charge in [0.2, 0.25) is 0 Å². The topological polar surface area (TPSA) is 142 Å². The molecule has 64 valence electrons. The molecule has 0 spiro atoms. The molecule has 5 nitrogen and oxygen atoms in total. The first-order chi connectivity index (χ1) is 0. The molecular formula is AlCoCuLiNiO5. The van der Waals surface area contributed by atoms with Crippen LogP contribution in [0, 0.1) is 0 Å². The van der Waals surface area contributed by atoms with Crippen LogP contribution >= 0.6 is 0 Å². The summed E-state index contributed by atoms with van der Waals surface area (Å²) in [5, 5.41) is 0. The van der Waals surface area contributed by atoms with Crippen LogP contribution < -0.4 is 18.9 Å². The largest absolute Gasteiger partial charge is 3.00 e. The van der Waals surface area contributed by atoms with Gasteiger partial charge in [0.1, 0.15) is 0 Å². The van der Waals surface area contributed by atoms with Gasteiger partial charge in [0.25, 0.3) is 0 Å². The molecule has 2 radical (unpaired) electrons. The summed E-state index contributed by atoms with van der Waals surface area (Å²) in [5.41, 5.74) is 0. The molecular weight excluding hydrogens is 295 g/mol. The number of hydrogen-bond acceptors (Lipinski definition) is 0. The second-order valence-corrected chi connectivity index (χ2v) is 0. The Kier molecular flexibility index (Phi) is 5670. The van der Waals surface area contributed by atoms with Crippen LogP contribution in [-0.2, 0) is 77.7 Å². The van der Waals surface area contributed by atoms with Gasteiger partial charge in [-0.25, -0.2) is 0 Å². The van der Waals surface area contributed by atoms with E-state index in [-0.39, 0.29) is 114 Å². The summed E-state index contributed by atoms with van der Waals surface area (Å²) in [6.07, 6.45) is 0. The third-order valence-corrected chi connectivity index (χ3v) is 0. The monoisotopic (exact) mass is 294 g/mol. The van der Waals surface area contributed by atoms with Crippen LogP contribution in [0.1, 0.15) is 0 Å². The molecule has 10 heteroatoms. The Labute approximate surface area is 113 Å². The van der Waals surface area contributed by atoms with Crippen LogP contribution in [0.2, 0.25) is 0 Å². The first kappa shape index (κ1) is 272. The Morgan fingerprint density at radius 1 is 0.600 bits per heavy atom. The van der Waals surface area contributed by atoms with Crippen LogP contribution in [0.5, 0.6) is 0 Å². The third-order valence-electron chi connectivity index (χ3n) is 0. The summed E-state index contributed by atoms with van der Waals surface area (Å²) in [6, 6.07) is 0. The van der Waals surface area contributed by atoms with Crippen molar-refractivity contribution in [1.82, 2.24) is 0 Å². The Morgan fingerprint density at radius 3 is 0.600 bits per heavy atom. The molecule has 0 aliphatic rings. The summed E-state index contributed by atoms with van der Waals surface area (Å²) in [4.78, 5) is 0. The fourth-order valence-corrected chi connectivity index (χ4v) is 0. The van der Waals surface area contributed by atoms with Gasteiger partial charge in [-0.05, 0) is 0 Å². The van der Waals surface area contributed by atoms with Gasteiger partial charge >= 0.3 is 86.6 Å². The van der Waals surface area contributed by atoms with Crippen molar-refractivity contribution in [3.8, 4) is 0 Å². The first-order valence-electron chi connectivity index (χ1n) is 0. The van der Waals surface area contributed by atoms with Crippen molar-refractivity contribution in [3.05, 3.63) is 0 Å². The average Bonchev–Trinajstić information content (AvgIpc) is 0. The summed E-state index contributed by atoms with van der Waals surface area (Å²) in [6.45, 7) is 0. The third kappa shape index (κ3) is 156. The molecule has 0 saturated heterocycles. The predicted octanol–water partition coefficient (Wildman–Crippen LogP) is -3.98.